The van der Waals surface area contributed by atoms with E-state index in [0.29, 0.717) is 31.9 Å². The summed E-state index contributed by atoms with van der Waals surface area (Å²) in [6.45, 7) is 1.62. The van der Waals surface area contributed by atoms with Gasteiger partial charge in [0.2, 0.25) is 11.8 Å². The van der Waals surface area contributed by atoms with Crippen molar-refractivity contribution in [1.29, 1.82) is 0 Å². The zero-order chi connectivity index (χ0) is 25.7. The van der Waals surface area contributed by atoms with Crippen LogP contribution in [0.3, 0.4) is 0 Å². The molecule has 4 heterocycles. The Morgan fingerprint density at radius 2 is 1.69 bits per heavy atom. The summed E-state index contributed by atoms with van der Waals surface area (Å²) in [4.78, 5) is 78.2. The van der Waals surface area contributed by atoms with Crippen LogP contribution in [0.4, 0.5) is 5.69 Å². The third-order valence-corrected chi connectivity index (χ3v) is 6.67. The molecule has 0 saturated carbocycles. The van der Waals surface area contributed by atoms with Crippen molar-refractivity contribution in [2.75, 3.05) is 31.1 Å². The summed E-state index contributed by atoms with van der Waals surface area (Å²) in [6.07, 6.45) is 0.137. The Bertz CT molecular complexity index is 1340. The van der Waals surface area contributed by atoms with Crippen LogP contribution in [0.2, 0.25) is 0 Å². The monoisotopic (exact) mass is 494 g/mol. The number of carboxylic acid groups (broad SMARTS) is 1. The number of carboxylic acids is 1. The number of aryl methyl sites for hydroxylation is 1. The molecule has 2 fully saturated rings. The van der Waals surface area contributed by atoms with Gasteiger partial charge in [-0.15, -0.1) is 0 Å². The number of rotatable bonds is 4. The highest BCUT2D eigenvalue weighted by Gasteiger charge is 2.44. The highest BCUT2D eigenvalue weighted by atomic mass is 16.4. The Labute approximate surface area is 204 Å². The second-order valence-electron chi connectivity index (χ2n) is 8.80. The van der Waals surface area contributed by atoms with Crippen molar-refractivity contribution in [2.45, 2.75) is 18.9 Å². The van der Waals surface area contributed by atoms with Crippen molar-refractivity contribution in [3.05, 3.63) is 46.8 Å². The zero-order valence-electron chi connectivity index (χ0n) is 19.3. The van der Waals surface area contributed by atoms with Gasteiger partial charge in [-0.2, -0.15) is 5.10 Å². The standard InChI is InChI=1S/C23H22N6O7/c1-26-17(11-15(25-26)23(35)36)22(34)28-8-6-27(7-9-28)12-2-3-13-14(10-12)21(33)29(20(13)32)16-4-5-18(30)24-19(16)31/h2-3,10-11,16H,4-9H2,1H3,(H,35,36)(H,24,30,31). The van der Waals surface area contributed by atoms with E-state index in [4.69, 9.17) is 5.11 Å². The van der Waals surface area contributed by atoms with E-state index >= 15 is 0 Å². The van der Waals surface area contributed by atoms with Gasteiger partial charge in [0.05, 0.1) is 11.1 Å². The predicted molar refractivity (Wildman–Crippen MR) is 121 cm³/mol. The minimum Gasteiger partial charge on any atom is -0.476 e. The van der Waals surface area contributed by atoms with E-state index in [1.807, 2.05) is 4.90 Å². The van der Waals surface area contributed by atoms with Crippen LogP contribution in [-0.4, -0.2) is 92.4 Å². The Hall–Kier alpha value is -4.55. The molecule has 1 aromatic heterocycles. The summed E-state index contributed by atoms with van der Waals surface area (Å²) in [6, 6.07) is 5.10. The number of amides is 5. The molecular formula is C23H22N6O7. The van der Waals surface area contributed by atoms with Crippen LogP contribution < -0.4 is 10.2 Å². The first-order chi connectivity index (χ1) is 17.2. The first kappa shape index (κ1) is 23.2. The summed E-state index contributed by atoms with van der Waals surface area (Å²) in [5.74, 6) is -3.78. The van der Waals surface area contributed by atoms with Gasteiger partial charge < -0.3 is 14.9 Å². The van der Waals surface area contributed by atoms with E-state index in [1.54, 1.807) is 23.1 Å². The summed E-state index contributed by atoms with van der Waals surface area (Å²) in [7, 11) is 1.51. The van der Waals surface area contributed by atoms with Crippen molar-refractivity contribution >= 4 is 41.2 Å². The van der Waals surface area contributed by atoms with Gasteiger partial charge in [-0.25, -0.2) is 4.79 Å². The van der Waals surface area contributed by atoms with E-state index in [0.717, 1.165) is 4.90 Å². The van der Waals surface area contributed by atoms with Crippen molar-refractivity contribution in [3.8, 4) is 0 Å². The Kier molecular flexibility index (Phi) is 5.54. The van der Waals surface area contributed by atoms with Crippen LogP contribution >= 0.6 is 0 Å². The zero-order valence-corrected chi connectivity index (χ0v) is 19.3. The molecule has 2 saturated heterocycles. The first-order valence-electron chi connectivity index (χ1n) is 11.3. The molecule has 36 heavy (non-hydrogen) atoms. The molecule has 5 rings (SSSR count). The number of imide groups is 2. The number of carbonyl (C=O) groups is 6. The van der Waals surface area contributed by atoms with Gasteiger partial charge in [0, 0.05) is 51.4 Å². The Morgan fingerprint density at radius 1 is 1.00 bits per heavy atom. The second kappa shape index (κ2) is 8.59. The smallest absolute Gasteiger partial charge is 0.356 e. The van der Waals surface area contributed by atoms with E-state index < -0.39 is 35.6 Å². The third-order valence-electron chi connectivity index (χ3n) is 6.67. The molecule has 3 aliphatic heterocycles. The number of hydrogen-bond acceptors (Lipinski definition) is 8. The molecule has 1 aromatic carbocycles. The average molecular weight is 494 g/mol. The van der Waals surface area contributed by atoms with Gasteiger partial charge in [0.1, 0.15) is 11.7 Å². The van der Waals surface area contributed by atoms with E-state index in [1.165, 1.54) is 17.8 Å². The molecule has 0 aliphatic carbocycles. The molecule has 13 heteroatoms. The van der Waals surface area contributed by atoms with Crippen molar-refractivity contribution in [1.82, 2.24) is 24.9 Å². The van der Waals surface area contributed by atoms with Crippen LogP contribution in [-0.2, 0) is 16.6 Å². The number of fused-ring (bicyclic) bond motifs is 1. The number of piperidine rings is 1. The molecule has 13 nitrogen and oxygen atoms in total. The molecule has 2 aromatic rings. The van der Waals surface area contributed by atoms with Crippen LogP contribution in [0.25, 0.3) is 0 Å². The van der Waals surface area contributed by atoms with Crippen molar-refractivity contribution in [2.24, 2.45) is 7.05 Å². The summed E-state index contributed by atoms with van der Waals surface area (Å²) < 4.78 is 1.25. The number of hydrogen-bond donors (Lipinski definition) is 2. The maximum absolute atomic E-state index is 13.1. The topological polar surface area (TPSA) is 162 Å². The number of nitrogens with one attached hydrogen (secondary N) is 1. The third kappa shape index (κ3) is 3.78. The number of nitrogens with zero attached hydrogens (tertiary/aromatic N) is 5. The van der Waals surface area contributed by atoms with Crippen LogP contribution in [0.1, 0.15) is 54.5 Å². The van der Waals surface area contributed by atoms with Gasteiger partial charge in [-0.1, -0.05) is 0 Å². The number of piperazine rings is 1. The summed E-state index contributed by atoms with van der Waals surface area (Å²) in [5.41, 5.74) is 1.06. The van der Waals surface area contributed by atoms with Gasteiger partial charge in [0.25, 0.3) is 17.7 Å². The van der Waals surface area contributed by atoms with Gasteiger partial charge >= 0.3 is 5.97 Å². The predicted octanol–water partition coefficient (Wildman–Crippen LogP) is -0.518. The Balaban J connectivity index is 1.28. The van der Waals surface area contributed by atoms with Crippen molar-refractivity contribution in [3.63, 3.8) is 0 Å². The van der Waals surface area contributed by atoms with Crippen LogP contribution in [0.5, 0.6) is 0 Å². The van der Waals surface area contributed by atoms with E-state index in [9.17, 15) is 28.8 Å². The quantitative estimate of drug-likeness (QED) is 0.533. The second-order valence-corrected chi connectivity index (χ2v) is 8.80. The lowest BCUT2D eigenvalue weighted by Crippen LogP contribution is -2.54. The molecular weight excluding hydrogens is 472 g/mol. The Morgan fingerprint density at radius 3 is 2.33 bits per heavy atom. The maximum Gasteiger partial charge on any atom is 0.356 e. The van der Waals surface area contributed by atoms with Crippen molar-refractivity contribution < 1.29 is 33.9 Å². The fraction of sp³-hybridized carbons (Fsp3) is 0.348. The molecule has 2 N–H and O–H groups in total. The highest BCUT2D eigenvalue weighted by molar-refractivity contribution is 6.23. The first-order valence-corrected chi connectivity index (χ1v) is 11.3. The lowest BCUT2D eigenvalue weighted by molar-refractivity contribution is -0.136. The average Bonchev–Trinajstić information content (AvgIpc) is 3.36. The summed E-state index contributed by atoms with van der Waals surface area (Å²) >= 11 is 0. The molecule has 1 atom stereocenters. The lowest BCUT2D eigenvalue weighted by atomic mass is 10.0. The molecule has 186 valence electrons. The minimum atomic E-state index is -1.21. The molecule has 0 spiro atoms. The fourth-order valence-corrected chi connectivity index (χ4v) is 4.76. The number of aromatic carboxylic acids is 1. The number of aromatic nitrogens is 2. The molecule has 5 amide bonds. The van der Waals surface area contributed by atoms with Gasteiger partial charge in [0.15, 0.2) is 5.69 Å². The maximum atomic E-state index is 13.1. The molecule has 0 bridgehead atoms. The minimum absolute atomic E-state index is 0.0501. The normalized spacial score (nSPS) is 20.0. The van der Waals surface area contributed by atoms with E-state index in [-0.39, 0.29) is 41.3 Å². The number of benzene rings is 1. The lowest BCUT2D eigenvalue weighted by Gasteiger charge is -2.36. The van der Waals surface area contributed by atoms with Gasteiger partial charge in [-0.3, -0.25) is 38.9 Å². The van der Waals surface area contributed by atoms with E-state index in [2.05, 4.69) is 10.4 Å². The largest absolute Gasteiger partial charge is 0.476 e. The van der Waals surface area contributed by atoms with Crippen LogP contribution in [0, 0.1) is 0 Å². The van der Waals surface area contributed by atoms with Crippen LogP contribution in [0.15, 0.2) is 24.3 Å². The molecule has 1 unspecified atom stereocenters. The van der Waals surface area contributed by atoms with Gasteiger partial charge in [-0.05, 0) is 24.6 Å². The molecule has 3 aliphatic rings. The SMILES string of the molecule is Cn1nc(C(=O)O)cc1C(=O)N1CCN(c2ccc3c(c2)C(=O)N(C2CCC(=O)NC2=O)C3=O)CC1. The number of carbonyl (C=O) groups excluding carboxylic acids is 5. The molecule has 0 radical (unpaired) electrons. The number of anilines is 1. The summed E-state index contributed by atoms with van der Waals surface area (Å²) in [5, 5.41) is 15.1. The fourth-order valence-electron chi connectivity index (χ4n) is 4.76. The highest BCUT2D eigenvalue weighted by Crippen LogP contribution is 2.31.